The zero-order valence-corrected chi connectivity index (χ0v) is 19.0. The van der Waals surface area contributed by atoms with E-state index < -0.39 is 10.0 Å². The number of rotatable bonds is 6. The van der Waals surface area contributed by atoms with Gasteiger partial charge in [-0.25, -0.2) is 17.7 Å². The average molecular weight is 455 g/mol. The van der Waals surface area contributed by atoms with Crippen LogP contribution in [-0.4, -0.2) is 42.1 Å². The van der Waals surface area contributed by atoms with E-state index in [1.165, 1.54) is 31.5 Å². The van der Waals surface area contributed by atoms with E-state index in [1.807, 2.05) is 53.2 Å². The van der Waals surface area contributed by atoms with Crippen molar-refractivity contribution < 1.29 is 13.2 Å². The van der Waals surface area contributed by atoms with Crippen molar-refractivity contribution in [2.75, 3.05) is 19.4 Å². The molecule has 0 aliphatic heterocycles. The van der Waals surface area contributed by atoms with Crippen molar-refractivity contribution in [3.05, 3.63) is 71.4 Å². The molecule has 0 spiro atoms. The monoisotopic (exact) mass is 454 g/mol. The summed E-state index contributed by atoms with van der Waals surface area (Å²) in [7, 11) is -0.630. The summed E-state index contributed by atoms with van der Waals surface area (Å²) in [6.45, 7) is 1.83. The maximum Gasteiger partial charge on any atom is 0.242 e. The molecule has 31 heavy (non-hydrogen) atoms. The van der Waals surface area contributed by atoms with Crippen LogP contribution in [0.15, 0.2) is 65.0 Å². The third kappa shape index (κ3) is 4.25. The molecule has 0 fully saturated rings. The fraction of sp³-hybridized carbons (Fsp3) is 0.182. The summed E-state index contributed by atoms with van der Waals surface area (Å²) in [5.74, 6) is -0.225. The van der Waals surface area contributed by atoms with E-state index in [0.29, 0.717) is 5.69 Å². The first-order valence-electron chi connectivity index (χ1n) is 9.59. The second-order valence-corrected chi connectivity index (χ2v) is 10.3. The van der Waals surface area contributed by atoms with E-state index in [1.54, 1.807) is 12.1 Å². The molecule has 7 nitrogen and oxygen atoms in total. The van der Waals surface area contributed by atoms with Crippen LogP contribution >= 0.6 is 11.3 Å². The highest BCUT2D eigenvalue weighted by Crippen LogP contribution is 2.25. The summed E-state index contributed by atoms with van der Waals surface area (Å²) in [4.78, 5) is 18.3. The second kappa shape index (κ2) is 8.26. The van der Waals surface area contributed by atoms with Crippen LogP contribution in [-0.2, 0) is 21.2 Å². The zero-order chi connectivity index (χ0) is 22.2. The second-order valence-electron chi connectivity index (χ2n) is 7.36. The van der Waals surface area contributed by atoms with Crippen LogP contribution in [0.4, 0.5) is 5.69 Å². The van der Waals surface area contributed by atoms with Gasteiger partial charge in [-0.15, -0.1) is 11.3 Å². The minimum absolute atomic E-state index is 0.137. The number of benzene rings is 2. The number of hydrogen-bond acceptors (Lipinski definition) is 5. The summed E-state index contributed by atoms with van der Waals surface area (Å²) >= 11 is 1.48. The van der Waals surface area contributed by atoms with Crippen molar-refractivity contribution in [1.29, 1.82) is 0 Å². The number of anilines is 1. The number of carbonyl (C=O) groups excluding carboxylic acids is 1. The lowest BCUT2D eigenvalue weighted by molar-refractivity contribution is -0.115. The number of carbonyl (C=O) groups is 1. The molecular formula is C22H22N4O3S2. The molecule has 0 saturated heterocycles. The third-order valence-corrected chi connectivity index (χ3v) is 7.66. The Bertz CT molecular complexity index is 1360. The molecule has 0 atom stereocenters. The van der Waals surface area contributed by atoms with Gasteiger partial charge < -0.3 is 5.32 Å². The summed E-state index contributed by atoms with van der Waals surface area (Å²) in [5, 5.41) is 4.77. The van der Waals surface area contributed by atoms with Gasteiger partial charge in [0.25, 0.3) is 0 Å². The molecule has 2 aromatic heterocycles. The SMILES string of the molecule is Cc1ccc(S(=O)(=O)N(C)C)cc1NC(=O)Cc1csc2nc(-c3ccccc3)cn12. The number of nitrogens with zero attached hydrogens (tertiary/aromatic N) is 3. The van der Waals surface area contributed by atoms with Gasteiger partial charge in [0.15, 0.2) is 4.96 Å². The van der Waals surface area contributed by atoms with Crippen molar-refractivity contribution >= 4 is 37.9 Å². The van der Waals surface area contributed by atoms with Crippen LogP contribution in [0, 0.1) is 6.92 Å². The molecular weight excluding hydrogens is 432 g/mol. The van der Waals surface area contributed by atoms with E-state index >= 15 is 0 Å². The molecule has 2 heterocycles. The zero-order valence-electron chi connectivity index (χ0n) is 17.4. The Kier molecular flexibility index (Phi) is 5.65. The first-order valence-corrected chi connectivity index (χ1v) is 11.9. The smallest absolute Gasteiger partial charge is 0.242 e. The van der Waals surface area contributed by atoms with E-state index in [4.69, 9.17) is 0 Å². The predicted octanol–water partition coefficient (Wildman–Crippen LogP) is 3.80. The fourth-order valence-electron chi connectivity index (χ4n) is 3.17. The Balaban J connectivity index is 1.56. The number of hydrogen-bond donors (Lipinski definition) is 1. The number of imidazole rings is 1. The minimum atomic E-state index is -3.58. The topological polar surface area (TPSA) is 83.8 Å². The Morgan fingerprint density at radius 2 is 1.90 bits per heavy atom. The van der Waals surface area contributed by atoms with Crippen molar-refractivity contribution in [2.45, 2.75) is 18.2 Å². The predicted molar refractivity (Wildman–Crippen MR) is 123 cm³/mol. The van der Waals surface area contributed by atoms with Gasteiger partial charge >= 0.3 is 0 Å². The number of sulfonamides is 1. The van der Waals surface area contributed by atoms with Gasteiger partial charge in [0.05, 0.1) is 17.0 Å². The maximum absolute atomic E-state index is 12.7. The normalized spacial score (nSPS) is 11.9. The molecule has 0 unspecified atom stereocenters. The van der Waals surface area contributed by atoms with Gasteiger partial charge in [-0.05, 0) is 24.6 Å². The Morgan fingerprint density at radius 3 is 2.61 bits per heavy atom. The quantitative estimate of drug-likeness (QED) is 0.480. The molecule has 0 aliphatic carbocycles. The number of amides is 1. The molecule has 9 heteroatoms. The molecule has 4 aromatic rings. The number of aryl methyl sites for hydroxylation is 1. The van der Waals surface area contributed by atoms with Crippen LogP contribution in [0.3, 0.4) is 0 Å². The summed E-state index contributed by atoms with van der Waals surface area (Å²) in [6, 6.07) is 14.6. The summed E-state index contributed by atoms with van der Waals surface area (Å²) < 4.78 is 27.9. The summed E-state index contributed by atoms with van der Waals surface area (Å²) in [6.07, 6.45) is 2.08. The number of aromatic nitrogens is 2. The van der Waals surface area contributed by atoms with Crippen LogP contribution < -0.4 is 5.32 Å². The molecule has 4 rings (SSSR count). The van der Waals surface area contributed by atoms with E-state index in [-0.39, 0.29) is 17.2 Å². The molecule has 160 valence electrons. The van der Waals surface area contributed by atoms with Crippen LogP contribution in [0.25, 0.3) is 16.2 Å². The summed E-state index contributed by atoms with van der Waals surface area (Å²) in [5.41, 5.74) is 3.96. The number of thiazole rings is 1. The molecule has 0 saturated carbocycles. The van der Waals surface area contributed by atoms with Gasteiger partial charge in [-0.1, -0.05) is 36.4 Å². The van der Waals surface area contributed by atoms with Gasteiger partial charge in [-0.2, -0.15) is 0 Å². The lowest BCUT2D eigenvalue weighted by atomic mass is 10.2. The van der Waals surface area contributed by atoms with Crippen LogP contribution in [0.2, 0.25) is 0 Å². The molecule has 0 bridgehead atoms. The van der Waals surface area contributed by atoms with E-state index in [9.17, 15) is 13.2 Å². The highest BCUT2D eigenvalue weighted by atomic mass is 32.2. The Hall–Kier alpha value is -3.01. The van der Waals surface area contributed by atoms with E-state index in [0.717, 1.165) is 31.8 Å². The van der Waals surface area contributed by atoms with Gasteiger partial charge in [0.2, 0.25) is 15.9 Å². The van der Waals surface area contributed by atoms with Gasteiger partial charge in [-0.3, -0.25) is 9.20 Å². The highest BCUT2D eigenvalue weighted by Gasteiger charge is 2.19. The molecule has 2 aromatic carbocycles. The average Bonchev–Trinajstić information content (AvgIpc) is 3.32. The number of nitrogens with one attached hydrogen (secondary N) is 1. The van der Waals surface area contributed by atoms with Gasteiger partial charge in [0, 0.05) is 42.6 Å². The van der Waals surface area contributed by atoms with Crippen LogP contribution in [0.1, 0.15) is 11.3 Å². The van der Waals surface area contributed by atoms with Gasteiger partial charge in [0.1, 0.15) is 0 Å². The van der Waals surface area contributed by atoms with Crippen molar-refractivity contribution in [2.24, 2.45) is 0 Å². The molecule has 0 aliphatic rings. The molecule has 1 amide bonds. The van der Waals surface area contributed by atoms with Crippen molar-refractivity contribution in [3.63, 3.8) is 0 Å². The highest BCUT2D eigenvalue weighted by molar-refractivity contribution is 7.89. The first kappa shape index (κ1) is 21.2. The van der Waals surface area contributed by atoms with Crippen molar-refractivity contribution in [1.82, 2.24) is 13.7 Å². The standard InChI is InChI=1S/C22H22N4O3S2/c1-15-9-10-18(31(28,29)25(2)3)12-19(15)23-21(27)11-17-14-30-22-24-20(13-26(17)22)16-7-5-4-6-8-16/h4-10,12-14H,11H2,1-3H3,(H,23,27). The maximum atomic E-state index is 12.7. The first-order chi connectivity index (χ1) is 14.8. The van der Waals surface area contributed by atoms with Crippen LogP contribution in [0.5, 0.6) is 0 Å². The molecule has 0 radical (unpaired) electrons. The Labute approximate surface area is 185 Å². The Morgan fingerprint density at radius 1 is 1.16 bits per heavy atom. The third-order valence-electron chi connectivity index (χ3n) is 4.96. The lowest BCUT2D eigenvalue weighted by Crippen LogP contribution is -2.22. The van der Waals surface area contributed by atoms with E-state index in [2.05, 4.69) is 10.3 Å². The fourth-order valence-corrected chi connectivity index (χ4v) is 4.97. The van der Waals surface area contributed by atoms with Crippen molar-refractivity contribution in [3.8, 4) is 11.3 Å². The number of fused-ring (bicyclic) bond motifs is 1. The molecule has 1 N–H and O–H groups in total. The largest absolute Gasteiger partial charge is 0.325 e. The lowest BCUT2D eigenvalue weighted by Gasteiger charge is -2.14. The minimum Gasteiger partial charge on any atom is -0.325 e.